The smallest absolute Gasteiger partial charge is 0.0724 e. The van der Waals surface area contributed by atoms with Crippen LogP contribution >= 0.6 is 0 Å². The second kappa shape index (κ2) is 7.34. The first-order valence-electron chi connectivity index (χ1n) is 6.91. The molecule has 1 aliphatic heterocycles. The maximum absolute atomic E-state index is 5.59. The van der Waals surface area contributed by atoms with E-state index >= 15 is 0 Å². The summed E-state index contributed by atoms with van der Waals surface area (Å²) in [7, 11) is 0. The fourth-order valence-electron chi connectivity index (χ4n) is 2.55. The molecule has 2 heteroatoms. The average Bonchev–Trinajstić information content (AvgIpc) is 2.68. The topological polar surface area (TPSA) is 21.3 Å². The fraction of sp³-hybridized carbons (Fsp3) is 0.500. The molecule has 0 spiro atoms. The molecule has 2 nitrogen and oxygen atoms in total. The third-order valence-corrected chi connectivity index (χ3v) is 3.48. The summed E-state index contributed by atoms with van der Waals surface area (Å²) < 4.78 is 5.59. The zero-order chi connectivity index (χ0) is 12.6. The molecule has 0 radical (unpaired) electrons. The van der Waals surface area contributed by atoms with E-state index in [0.29, 0.717) is 19.3 Å². The van der Waals surface area contributed by atoms with Crippen LogP contribution in [0, 0.1) is 0 Å². The van der Waals surface area contributed by atoms with Crippen LogP contribution in [0.15, 0.2) is 36.9 Å². The quantitative estimate of drug-likeness (QED) is 0.632. The Labute approximate surface area is 110 Å². The first kappa shape index (κ1) is 13.3. The second-order valence-corrected chi connectivity index (χ2v) is 4.86. The third-order valence-electron chi connectivity index (χ3n) is 3.48. The first-order valence-corrected chi connectivity index (χ1v) is 6.91. The van der Waals surface area contributed by atoms with Gasteiger partial charge in [0, 0.05) is 6.04 Å². The van der Waals surface area contributed by atoms with Crippen molar-refractivity contribution in [1.82, 2.24) is 5.32 Å². The van der Waals surface area contributed by atoms with Crippen LogP contribution in [-0.4, -0.2) is 13.2 Å². The predicted molar refractivity (Wildman–Crippen MR) is 75.5 cm³/mol. The standard InChI is InChI=1S/C16H23NO/c1-2-12-18-13-14-8-5-6-9-15(14)16-10-4-3-7-11-17-16/h2,5-6,8-9,16-17H,1,3-4,7,10-13H2. The Hall–Kier alpha value is -1.12. The van der Waals surface area contributed by atoms with Gasteiger partial charge < -0.3 is 10.1 Å². The lowest BCUT2D eigenvalue weighted by molar-refractivity contribution is 0.147. The van der Waals surface area contributed by atoms with E-state index in [1.165, 1.54) is 36.8 Å². The Balaban J connectivity index is 2.07. The highest BCUT2D eigenvalue weighted by molar-refractivity contribution is 5.29. The van der Waals surface area contributed by atoms with Gasteiger partial charge in [0.05, 0.1) is 13.2 Å². The molecule has 0 saturated carbocycles. The van der Waals surface area contributed by atoms with Gasteiger partial charge in [-0.1, -0.05) is 43.2 Å². The van der Waals surface area contributed by atoms with Gasteiger partial charge in [-0.3, -0.25) is 0 Å². The molecule has 2 rings (SSSR count). The van der Waals surface area contributed by atoms with E-state index in [4.69, 9.17) is 4.74 Å². The van der Waals surface area contributed by atoms with Gasteiger partial charge in [0.15, 0.2) is 0 Å². The van der Waals surface area contributed by atoms with Gasteiger partial charge in [-0.15, -0.1) is 6.58 Å². The summed E-state index contributed by atoms with van der Waals surface area (Å²) in [5, 5.41) is 3.65. The van der Waals surface area contributed by atoms with Crippen molar-refractivity contribution in [3.8, 4) is 0 Å². The molecule has 1 aromatic rings. The maximum Gasteiger partial charge on any atom is 0.0724 e. The molecular weight excluding hydrogens is 222 g/mol. The molecule has 1 fully saturated rings. The summed E-state index contributed by atoms with van der Waals surface area (Å²) >= 11 is 0. The third kappa shape index (κ3) is 3.69. The molecule has 0 amide bonds. The highest BCUT2D eigenvalue weighted by Crippen LogP contribution is 2.25. The van der Waals surface area contributed by atoms with Crippen LogP contribution in [0.3, 0.4) is 0 Å². The highest BCUT2D eigenvalue weighted by Gasteiger charge is 2.16. The summed E-state index contributed by atoms with van der Waals surface area (Å²) in [6, 6.07) is 9.11. The van der Waals surface area contributed by atoms with Crippen LogP contribution < -0.4 is 5.32 Å². The Morgan fingerprint density at radius 2 is 2.17 bits per heavy atom. The number of hydrogen-bond donors (Lipinski definition) is 1. The zero-order valence-electron chi connectivity index (χ0n) is 11.0. The summed E-state index contributed by atoms with van der Waals surface area (Å²) in [6.45, 7) is 6.11. The number of hydrogen-bond acceptors (Lipinski definition) is 2. The van der Waals surface area contributed by atoms with Crippen LogP contribution in [0.1, 0.15) is 42.9 Å². The van der Waals surface area contributed by atoms with Gasteiger partial charge in [-0.05, 0) is 30.5 Å². The largest absolute Gasteiger partial charge is 0.373 e. The number of rotatable bonds is 5. The number of nitrogens with one attached hydrogen (secondary N) is 1. The summed E-state index contributed by atoms with van der Waals surface area (Å²) in [6.07, 6.45) is 6.99. The van der Waals surface area contributed by atoms with Crippen molar-refractivity contribution in [2.45, 2.75) is 38.3 Å². The summed E-state index contributed by atoms with van der Waals surface area (Å²) in [4.78, 5) is 0. The van der Waals surface area contributed by atoms with Crippen molar-refractivity contribution < 1.29 is 4.74 Å². The molecular formula is C16H23NO. The molecule has 1 saturated heterocycles. The Kier molecular flexibility index (Phi) is 5.43. The highest BCUT2D eigenvalue weighted by atomic mass is 16.5. The van der Waals surface area contributed by atoms with Gasteiger partial charge in [0.1, 0.15) is 0 Å². The van der Waals surface area contributed by atoms with Crippen LogP contribution in [0.25, 0.3) is 0 Å². The second-order valence-electron chi connectivity index (χ2n) is 4.86. The zero-order valence-corrected chi connectivity index (χ0v) is 11.0. The minimum atomic E-state index is 0.496. The molecule has 1 N–H and O–H groups in total. The molecule has 1 unspecified atom stereocenters. The van der Waals surface area contributed by atoms with Crippen molar-refractivity contribution in [2.24, 2.45) is 0 Å². The van der Waals surface area contributed by atoms with E-state index in [0.717, 1.165) is 6.54 Å². The van der Waals surface area contributed by atoms with Crippen molar-refractivity contribution in [3.63, 3.8) is 0 Å². The number of ether oxygens (including phenoxy) is 1. The van der Waals surface area contributed by atoms with E-state index in [1.807, 2.05) is 0 Å². The van der Waals surface area contributed by atoms with Crippen LogP contribution in [0.4, 0.5) is 0 Å². The molecule has 98 valence electrons. The van der Waals surface area contributed by atoms with Crippen LogP contribution in [-0.2, 0) is 11.3 Å². The van der Waals surface area contributed by atoms with E-state index in [9.17, 15) is 0 Å². The lowest BCUT2D eigenvalue weighted by Crippen LogP contribution is -2.21. The normalized spacial score (nSPS) is 20.3. The van der Waals surface area contributed by atoms with Gasteiger partial charge in [-0.25, -0.2) is 0 Å². The molecule has 0 aliphatic carbocycles. The van der Waals surface area contributed by atoms with Crippen molar-refractivity contribution in [3.05, 3.63) is 48.0 Å². The average molecular weight is 245 g/mol. The van der Waals surface area contributed by atoms with Crippen LogP contribution in [0.2, 0.25) is 0 Å². The fourth-order valence-corrected chi connectivity index (χ4v) is 2.55. The van der Waals surface area contributed by atoms with Gasteiger partial charge in [0.2, 0.25) is 0 Å². The summed E-state index contributed by atoms with van der Waals surface area (Å²) in [5.41, 5.74) is 2.71. The molecule has 1 aromatic carbocycles. The monoisotopic (exact) mass is 245 g/mol. The lowest BCUT2D eigenvalue weighted by Gasteiger charge is -2.19. The Morgan fingerprint density at radius 3 is 3.06 bits per heavy atom. The molecule has 0 bridgehead atoms. The lowest BCUT2D eigenvalue weighted by atomic mass is 9.97. The van der Waals surface area contributed by atoms with E-state index in [2.05, 4.69) is 36.2 Å². The SMILES string of the molecule is C=CCOCc1ccccc1C1CCCCCN1. The predicted octanol–water partition coefficient (Wildman–Crippen LogP) is 3.59. The van der Waals surface area contributed by atoms with E-state index in [1.54, 1.807) is 6.08 Å². The maximum atomic E-state index is 5.59. The molecule has 18 heavy (non-hydrogen) atoms. The van der Waals surface area contributed by atoms with Crippen molar-refractivity contribution >= 4 is 0 Å². The minimum absolute atomic E-state index is 0.496. The van der Waals surface area contributed by atoms with E-state index in [-0.39, 0.29) is 0 Å². The van der Waals surface area contributed by atoms with Gasteiger partial charge in [-0.2, -0.15) is 0 Å². The molecule has 1 aliphatic rings. The van der Waals surface area contributed by atoms with E-state index < -0.39 is 0 Å². The molecule has 1 heterocycles. The van der Waals surface area contributed by atoms with Crippen LogP contribution in [0.5, 0.6) is 0 Å². The first-order chi connectivity index (χ1) is 8.92. The van der Waals surface area contributed by atoms with Crippen molar-refractivity contribution in [1.29, 1.82) is 0 Å². The van der Waals surface area contributed by atoms with Crippen molar-refractivity contribution in [2.75, 3.05) is 13.2 Å². The molecule has 0 aromatic heterocycles. The molecule has 1 atom stereocenters. The number of benzene rings is 1. The Morgan fingerprint density at radius 1 is 1.28 bits per heavy atom. The minimum Gasteiger partial charge on any atom is -0.373 e. The summed E-state index contributed by atoms with van der Waals surface area (Å²) in [5.74, 6) is 0. The van der Waals surface area contributed by atoms with Gasteiger partial charge in [0.25, 0.3) is 0 Å². The Bertz CT molecular complexity index is 367. The van der Waals surface area contributed by atoms with Gasteiger partial charge >= 0.3 is 0 Å².